The van der Waals surface area contributed by atoms with E-state index in [0.29, 0.717) is 5.56 Å². The first kappa shape index (κ1) is 12.2. The molecule has 5 heteroatoms. The van der Waals surface area contributed by atoms with E-state index in [2.05, 4.69) is 9.72 Å². The van der Waals surface area contributed by atoms with Gasteiger partial charge in [-0.25, -0.2) is 13.6 Å². The fourth-order valence-electron chi connectivity index (χ4n) is 1.59. The van der Waals surface area contributed by atoms with Gasteiger partial charge in [0.2, 0.25) is 0 Å². The lowest BCUT2D eigenvalue weighted by molar-refractivity contribution is 0.0601. The number of carbonyl (C=O) groups is 1. The quantitative estimate of drug-likeness (QED) is 0.768. The number of pyridine rings is 1. The van der Waals surface area contributed by atoms with Crippen molar-refractivity contribution in [1.82, 2.24) is 4.98 Å². The third kappa shape index (κ3) is 2.20. The van der Waals surface area contributed by atoms with Crippen molar-refractivity contribution in [3.05, 3.63) is 53.9 Å². The van der Waals surface area contributed by atoms with Crippen LogP contribution in [0.5, 0.6) is 0 Å². The van der Waals surface area contributed by atoms with E-state index in [9.17, 15) is 13.6 Å². The molecular weight excluding hydrogens is 240 g/mol. The molecule has 0 radical (unpaired) electrons. The summed E-state index contributed by atoms with van der Waals surface area (Å²) in [6, 6.07) is 5.06. The molecule has 0 atom stereocenters. The van der Waals surface area contributed by atoms with Crippen LogP contribution in [0.4, 0.5) is 8.78 Å². The van der Waals surface area contributed by atoms with Crippen LogP contribution >= 0.6 is 0 Å². The second-order valence-electron chi connectivity index (χ2n) is 3.55. The van der Waals surface area contributed by atoms with E-state index in [0.717, 1.165) is 12.1 Å². The molecule has 0 fully saturated rings. The van der Waals surface area contributed by atoms with Gasteiger partial charge in [-0.1, -0.05) is 6.07 Å². The minimum atomic E-state index is -1.09. The van der Waals surface area contributed by atoms with Crippen LogP contribution in [0.15, 0.2) is 36.7 Å². The molecule has 3 nitrogen and oxygen atoms in total. The van der Waals surface area contributed by atoms with E-state index < -0.39 is 17.6 Å². The van der Waals surface area contributed by atoms with Gasteiger partial charge in [-0.05, 0) is 18.2 Å². The topological polar surface area (TPSA) is 39.2 Å². The summed E-state index contributed by atoms with van der Waals surface area (Å²) in [6.07, 6.45) is 3.00. The van der Waals surface area contributed by atoms with Crippen LogP contribution in [-0.2, 0) is 4.74 Å². The van der Waals surface area contributed by atoms with Crippen LogP contribution in [0.1, 0.15) is 10.4 Å². The highest BCUT2D eigenvalue weighted by molar-refractivity contribution is 5.97. The summed E-state index contributed by atoms with van der Waals surface area (Å²) in [5, 5.41) is 0. The highest BCUT2D eigenvalue weighted by Gasteiger charge is 2.17. The maximum Gasteiger partial charge on any atom is 0.338 e. The van der Waals surface area contributed by atoms with Crippen LogP contribution in [0.3, 0.4) is 0 Å². The molecule has 0 saturated carbocycles. The first-order chi connectivity index (χ1) is 8.63. The van der Waals surface area contributed by atoms with E-state index in [4.69, 9.17) is 0 Å². The zero-order chi connectivity index (χ0) is 13.1. The average molecular weight is 249 g/mol. The molecule has 92 valence electrons. The van der Waals surface area contributed by atoms with Crippen molar-refractivity contribution in [2.75, 3.05) is 7.11 Å². The van der Waals surface area contributed by atoms with Gasteiger partial charge < -0.3 is 4.74 Å². The van der Waals surface area contributed by atoms with E-state index in [1.807, 2.05) is 0 Å². The molecule has 0 N–H and O–H groups in total. The molecule has 2 aromatic rings. The molecular formula is C13H9F2NO2. The number of hydrogen-bond acceptors (Lipinski definition) is 3. The molecule has 0 aliphatic carbocycles. The normalized spacial score (nSPS) is 10.2. The molecule has 1 aromatic carbocycles. The Kier molecular flexibility index (Phi) is 3.32. The summed E-state index contributed by atoms with van der Waals surface area (Å²) in [4.78, 5) is 15.4. The van der Waals surface area contributed by atoms with Crippen LogP contribution in [0, 0.1) is 11.6 Å². The number of halogens is 2. The predicted octanol–water partition coefficient (Wildman–Crippen LogP) is 2.81. The maximum atomic E-state index is 13.3. The van der Waals surface area contributed by atoms with Gasteiger partial charge in [-0.3, -0.25) is 4.98 Å². The second-order valence-corrected chi connectivity index (χ2v) is 3.55. The first-order valence-electron chi connectivity index (χ1n) is 5.11. The van der Waals surface area contributed by atoms with Gasteiger partial charge in [0.15, 0.2) is 11.6 Å². The van der Waals surface area contributed by atoms with Gasteiger partial charge in [0, 0.05) is 23.5 Å². The Bertz CT molecular complexity index is 585. The molecule has 2 rings (SSSR count). The van der Waals surface area contributed by atoms with Gasteiger partial charge in [-0.15, -0.1) is 0 Å². The average Bonchev–Trinajstić information content (AvgIpc) is 2.41. The molecule has 0 unspecified atom stereocenters. The largest absolute Gasteiger partial charge is 0.465 e. The number of methoxy groups -OCH3 is 1. The lowest BCUT2D eigenvalue weighted by Gasteiger charge is -2.08. The van der Waals surface area contributed by atoms with Gasteiger partial charge in [-0.2, -0.15) is 0 Å². The predicted molar refractivity (Wildman–Crippen MR) is 60.9 cm³/mol. The van der Waals surface area contributed by atoms with Crippen LogP contribution in [0.25, 0.3) is 11.1 Å². The minimum Gasteiger partial charge on any atom is -0.465 e. The van der Waals surface area contributed by atoms with E-state index in [1.54, 1.807) is 18.3 Å². The monoisotopic (exact) mass is 249 g/mol. The zero-order valence-electron chi connectivity index (χ0n) is 9.48. The van der Waals surface area contributed by atoms with Crippen LogP contribution in [0.2, 0.25) is 0 Å². The molecule has 0 spiro atoms. The summed E-state index contributed by atoms with van der Waals surface area (Å²) in [6.45, 7) is 0. The van der Waals surface area contributed by atoms with E-state index >= 15 is 0 Å². The van der Waals surface area contributed by atoms with Crippen molar-refractivity contribution >= 4 is 5.97 Å². The van der Waals surface area contributed by atoms with Crippen LogP contribution < -0.4 is 0 Å². The number of hydrogen-bond donors (Lipinski definition) is 0. The van der Waals surface area contributed by atoms with Gasteiger partial charge in [0.25, 0.3) is 0 Å². The van der Waals surface area contributed by atoms with Crippen molar-refractivity contribution < 1.29 is 18.3 Å². The Morgan fingerprint density at radius 2 is 2.00 bits per heavy atom. The van der Waals surface area contributed by atoms with Crippen molar-refractivity contribution in [2.45, 2.75) is 0 Å². The zero-order valence-corrected chi connectivity index (χ0v) is 9.48. The molecule has 0 aliphatic heterocycles. The van der Waals surface area contributed by atoms with Crippen molar-refractivity contribution in [3.63, 3.8) is 0 Å². The Labute approximate surface area is 102 Å². The number of ether oxygens (including phenoxy) is 1. The minimum absolute atomic E-state index is 0.0376. The molecule has 0 aliphatic rings. The summed E-state index contributed by atoms with van der Waals surface area (Å²) in [5.74, 6) is -2.85. The highest BCUT2D eigenvalue weighted by atomic mass is 19.2. The Morgan fingerprint density at radius 1 is 1.28 bits per heavy atom. The Hall–Kier alpha value is -2.30. The standard InChI is InChI=1S/C13H9F2NO2/c1-18-13(17)10-6-12(15)11(14)5-9(10)8-3-2-4-16-7-8/h2-7H,1H3. The second kappa shape index (κ2) is 4.91. The summed E-state index contributed by atoms with van der Waals surface area (Å²) in [7, 11) is 1.18. The SMILES string of the molecule is COC(=O)c1cc(F)c(F)cc1-c1cccnc1. The van der Waals surface area contributed by atoms with Crippen molar-refractivity contribution in [2.24, 2.45) is 0 Å². The molecule has 1 heterocycles. The number of carbonyl (C=O) groups excluding carboxylic acids is 1. The number of nitrogens with zero attached hydrogens (tertiary/aromatic N) is 1. The Morgan fingerprint density at radius 3 is 2.61 bits per heavy atom. The van der Waals surface area contributed by atoms with Crippen LogP contribution in [-0.4, -0.2) is 18.1 Å². The first-order valence-corrected chi connectivity index (χ1v) is 5.11. The van der Waals surface area contributed by atoms with Gasteiger partial charge in [0.1, 0.15) is 0 Å². The number of benzene rings is 1. The maximum absolute atomic E-state index is 13.3. The fraction of sp³-hybridized carbons (Fsp3) is 0.0769. The van der Waals surface area contributed by atoms with E-state index in [-0.39, 0.29) is 11.1 Å². The molecule has 0 amide bonds. The number of aromatic nitrogens is 1. The lowest BCUT2D eigenvalue weighted by atomic mass is 10.0. The lowest BCUT2D eigenvalue weighted by Crippen LogP contribution is -2.05. The summed E-state index contributed by atoms with van der Waals surface area (Å²) < 4.78 is 31.0. The fourth-order valence-corrected chi connectivity index (χ4v) is 1.59. The third-order valence-corrected chi connectivity index (χ3v) is 2.44. The summed E-state index contributed by atoms with van der Waals surface area (Å²) in [5.41, 5.74) is 0.718. The molecule has 1 aromatic heterocycles. The summed E-state index contributed by atoms with van der Waals surface area (Å²) >= 11 is 0. The molecule has 0 saturated heterocycles. The number of rotatable bonds is 2. The van der Waals surface area contributed by atoms with Crippen molar-refractivity contribution in [1.29, 1.82) is 0 Å². The van der Waals surface area contributed by atoms with Crippen molar-refractivity contribution in [3.8, 4) is 11.1 Å². The van der Waals surface area contributed by atoms with E-state index in [1.165, 1.54) is 13.3 Å². The van der Waals surface area contributed by atoms with Gasteiger partial charge in [0.05, 0.1) is 12.7 Å². The smallest absolute Gasteiger partial charge is 0.338 e. The highest BCUT2D eigenvalue weighted by Crippen LogP contribution is 2.26. The molecule has 18 heavy (non-hydrogen) atoms. The number of esters is 1. The third-order valence-electron chi connectivity index (χ3n) is 2.44. The molecule has 0 bridgehead atoms. The Balaban J connectivity index is 2.65. The van der Waals surface area contributed by atoms with Gasteiger partial charge >= 0.3 is 5.97 Å².